The van der Waals surface area contributed by atoms with Gasteiger partial charge < -0.3 is 14.9 Å². The Hall–Kier alpha value is -0.650. The summed E-state index contributed by atoms with van der Waals surface area (Å²) in [4.78, 5) is 16.7. The molecule has 0 aliphatic heterocycles. The Kier molecular flexibility index (Phi) is 9.18. The molecule has 1 amide bonds. The first-order chi connectivity index (χ1) is 7.57. The van der Waals surface area contributed by atoms with Crippen LogP contribution >= 0.6 is 0 Å². The van der Waals surface area contributed by atoms with E-state index in [0.717, 1.165) is 6.42 Å². The summed E-state index contributed by atoms with van der Waals surface area (Å²) in [5, 5.41) is 2.79. The maximum atomic E-state index is 11.5. The highest BCUT2D eigenvalue weighted by atomic mass is 16.6. The SMILES string of the molecule is COCCCNC(=O)C(C)NOCC(C)C. The molecule has 0 rings (SSSR count). The van der Waals surface area contributed by atoms with Gasteiger partial charge in [0.05, 0.1) is 6.61 Å². The highest BCUT2D eigenvalue weighted by molar-refractivity contribution is 5.81. The summed E-state index contributed by atoms with van der Waals surface area (Å²) >= 11 is 0. The predicted octanol–water partition coefficient (Wildman–Crippen LogP) is 0.705. The van der Waals surface area contributed by atoms with Gasteiger partial charge in [-0.3, -0.25) is 4.79 Å². The van der Waals surface area contributed by atoms with Gasteiger partial charge in [-0.1, -0.05) is 13.8 Å². The van der Waals surface area contributed by atoms with Gasteiger partial charge in [0.1, 0.15) is 6.04 Å². The molecule has 0 aromatic heterocycles. The minimum absolute atomic E-state index is 0.0557. The first-order valence-corrected chi connectivity index (χ1v) is 5.72. The van der Waals surface area contributed by atoms with Gasteiger partial charge in [-0.05, 0) is 19.3 Å². The van der Waals surface area contributed by atoms with Crippen LogP contribution in [0.3, 0.4) is 0 Å². The summed E-state index contributed by atoms with van der Waals surface area (Å²) in [7, 11) is 1.64. The number of hydrogen-bond acceptors (Lipinski definition) is 4. The van der Waals surface area contributed by atoms with E-state index in [1.54, 1.807) is 14.0 Å². The molecular formula is C11H24N2O3. The van der Waals surface area contributed by atoms with E-state index in [1.165, 1.54) is 0 Å². The molecule has 0 aliphatic rings. The molecule has 0 aliphatic carbocycles. The molecule has 5 heteroatoms. The number of hydroxylamine groups is 1. The highest BCUT2D eigenvalue weighted by Gasteiger charge is 2.11. The average Bonchev–Trinajstić information content (AvgIpc) is 2.23. The van der Waals surface area contributed by atoms with Crippen LogP contribution in [0.1, 0.15) is 27.2 Å². The Morgan fingerprint density at radius 3 is 2.56 bits per heavy atom. The standard InChI is InChI=1S/C11H24N2O3/c1-9(2)8-16-13-10(3)11(14)12-6-5-7-15-4/h9-10,13H,5-8H2,1-4H3,(H,12,14). The highest BCUT2D eigenvalue weighted by Crippen LogP contribution is 1.91. The van der Waals surface area contributed by atoms with E-state index in [9.17, 15) is 4.79 Å². The third-order valence-corrected chi connectivity index (χ3v) is 1.89. The third-order valence-electron chi connectivity index (χ3n) is 1.89. The van der Waals surface area contributed by atoms with Crippen LogP contribution in [-0.4, -0.2) is 38.8 Å². The lowest BCUT2D eigenvalue weighted by Crippen LogP contribution is -2.42. The zero-order valence-corrected chi connectivity index (χ0v) is 10.7. The fraction of sp³-hybridized carbons (Fsp3) is 0.909. The van der Waals surface area contributed by atoms with E-state index in [1.807, 2.05) is 0 Å². The smallest absolute Gasteiger partial charge is 0.239 e. The second kappa shape index (κ2) is 9.57. The molecule has 0 aromatic rings. The third kappa shape index (κ3) is 8.64. The molecule has 0 radical (unpaired) electrons. The second-order valence-corrected chi connectivity index (χ2v) is 4.18. The van der Waals surface area contributed by atoms with Crippen LogP contribution in [0.5, 0.6) is 0 Å². The maximum absolute atomic E-state index is 11.5. The number of amides is 1. The maximum Gasteiger partial charge on any atom is 0.239 e. The lowest BCUT2D eigenvalue weighted by atomic mass is 10.2. The van der Waals surface area contributed by atoms with Gasteiger partial charge in [0.25, 0.3) is 0 Å². The molecule has 96 valence electrons. The van der Waals surface area contributed by atoms with Crippen LogP contribution in [0, 0.1) is 5.92 Å². The number of carbonyl (C=O) groups is 1. The molecule has 0 aromatic carbocycles. The summed E-state index contributed by atoms with van der Waals surface area (Å²) in [6, 6.07) is -0.332. The molecule has 16 heavy (non-hydrogen) atoms. The fourth-order valence-electron chi connectivity index (χ4n) is 0.974. The van der Waals surface area contributed by atoms with Gasteiger partial charge in [0.2, 0.25) is 5.91 Å². The topological polar surface area (TPSA) is 59.6 Å². The van der Waals surface area contributed by atoms with E-state index in [2.05, 4.69) is 24.6 Å². The van der Waals surface area contributed by atoms with Crippen LogP contribution < -0.4 is 10.8 Å². The Morgan fingerprint density at radius 2 is 2.00 bits per heavy atom. The lowest BCUT2D eigenvalue weighted by Gasteiger charge is -2.14. The summed E-state index contributed by atoms with van der Waals surface area (Å²) in [5.74, 6) is 0.393. The zero-order valence-electron chi connectivity index (χ0n) is 10.7. The Balaban J connectivity index is 3.49. The zero-order chi connectivity index (χ0) is 12.4. The predicted molar refractivity (Wildman–Crippen MR) is 62.9 cm³/mol. The average molecular weight is 232 g/mol. The van der Waals surface area contributed by atoms with Crippen molar-refractivity contribution in [1.29, 1.82) is 0 Å². The lowest BCUT2D eigenvalue weighted by molar-refractivity contribution is -0.127. The number of methoxy groups -OCH3 is 1. The van der Waals surface area contributed by atoms with E-state index in [0.29, 0.717) is 25.7 Å². The van der Waals surface area contributed by atoms with Crippen LogP contribution in [0.4, 0.5) is 0 Å². The summed E-state index contributed by atoms with van der Waals surface area (Å²) in [6.45, 7) is 7.76. The van der Waals surface area contributed by atoms with Gasteiger partial charge in [-0.2, -0.15) is 5.48 Å². The van der Waals surface area contributed by atoms with Crippen molar-refractivity contribution in [2.45, 2.75) is 33.2 Å². The van der Waals surface area contributed by atoms with Crippen LogP contribution in [0.2, 0.25) is 0 Å². The summed E-state index contributed by atoms with van der Waals surface area (Å²) < 4.78 is 4.88. The molecule has 0 spiro atoms. The van der Waals surface area contributed by atoms with Crippen LogP contribution in [-0.2, 0) is 14.4 Å². The number of carbonyl (C=O) groups excluding carboxylic acids is 1. The minimum atomic E-state index is -0.332. The van der Waals surface area contributed by atoms with Crippen molar-refractivity contribution in [2.24, 2.45) is 5.92 Å². The monoisotopic (exact) mass is 232 g/mol. The van der Waals surface area contributed by atoms with Gasteiger partial charge in [-0.15, -0.1) is 0 Å². The van der Waals surface area contributed by atoms with Crippen molar-refractivity contribution in [1.82, 2.24) is 10.8 Å². The largest absolute Gasteiger partial charge is 0.385 e. The molecule has 2 N–H and O–H groups in total. The minimum Gasteiger partial charge on any atom is -0.385 e. The number of ether oxygens (including phenoxy) is 1. The Bertz CT molecular complexity index is 186. The van der Waals surface area contributed by atoms with Crippen molar-refractivity contribution >= 4 is 5.91 Å². The van der Waals surface area contributed by atoms with Crippen LogP contribution in [0.15, 0.2) is 0 Å². The van der Waals surface area contributed by atoms with E-state index in [4.69, 9.17) is 9.57 Å². The van der Waals surface area contributed by atoms with Crippen molar-refractivity contribution < 1.29 is 14.4 Å². The first kappa shape index (κ1) is 15.3. The summed E-state index contributed by atoms with van der Waals surface area (Å²) in [5.41, 5.74) is 2.71. The van der Waals surface area contributed by atoms with E-state index < -0.39 is 0 Å². The number of hydrogen-bond donors (Lipinski definition) is 2. The first-order valence-electron chi connectivity index (χ1n) is 5.72. The fourth-order valence-corrected chi connectivity index (χ4v) is 0.974. The molecule has 0 fully saturated rings. The molecule has 5 nitrogen and oxygen atoms in total. The van der Waals surface area contributed by atoms with Crippen molar-refractivity contribution in [3.63, 3.8) is 0 Å². The molecule has 0 saturated heterocycles. The molecule has 0 bridgehead atoms. The van der Waals surface area contributed by atoms with Gasteiger partial charge in [0, 0.05) is 20.3 Å². The molecule has 0 saturated carbocycles. The van der Waals surface area contributed by atoms with E-state index in [-0.39, 0.29) is 11.9 Å². The van der Waals surface area contributed by atoms with Gasteiger partial charge in [-0.25, -0.2) is 0 Å². The molecule has 1 atom stereocenters. The molecule has 1 unspecified atom stereocenters. The quantitative estimate of drug-likeness (QED) is 0.454. The van der Waals surface area contributed by atoms with Crippen molar-refractivity contribution in [2.75, 3.05) is 26.9 Å². The second-order valence-electron chi connectivity index (χ2n) is 4.18. The normalized spacial score (nSPS) is 12.8. The van der Waals surface area contributed by atoms with Crippen LogP contribution in [0.25, 0.3) is 0 Å². The Labute approximate surface area is 97.8 Å². The molecule has 0 heterocycles. The van der Waals surface area contributed by atoms with Gasteiger partial charge >= 0.3 is 0 Å². The van der Waals surface area contributed by atoms with Crippen molar-refractivity contribution in [3.05, 3.63) is 0 Å². The van der Waals surface area contributed by atoms with Crippen molar-refractivity contribution in [3.8, 4) is 0 Å². The van der Waals surface area contributed by atoms with Gasteiger partial charge in [0.15, 0.2) is 0 Å². The Morgan fingerprint density at radius 1 is 1.31 bits per heavy atom. The summed E-state index contributed by atoms with van der Waals surface area (Å²) in [6.07, 6.45) is 0.821. The number of rotatable bonds is 9. The number of nitrogens with one attached hydrogen (secondary N) is 2. The molecular weight excluding hydrogens is 208 g/mol. The van der Waals surface area contributed by atoms with E-state index >= 15 is 0 Å².